The van der Waals surface area contributed by atoms with Gasteiger partial charge in [-0.05, 0) is 67.1 Å². The van der Waals surface area contributed by atoms with Gasteiger partial charge in [0.2, 0.25) is 5.91 Å². The van der Waals surface area contributed by atoms with Crippen LogP contribution in [0.5, 0.6) is 0 Å². The third kappa shape index (κ3) is 8.52. The maximum Gasteiger partial charge on any atom is 0.312 e. The Hall–Kier alpha value is -4.02. The number of amides is 1. The highest BCUT2D eigenvalue weighted by Crippen LogP contribution is 2.44. The zero-order valence-electron chi connectivity index (χ0n) is 28.8. The molecule has 48 heavy (non-hydrogen) atoms. The van der Waals surface area contributed by atoms with Crippen molar-refractivity contribution in [2.24, 2.45) is 22.7 Å². The lowest BCUT2D eigenvalue weighted by Gasteiger charge is -2.41. The monoisotopic (exact) mass is 663 g/mol. The van der Waals surface area contributed by atoms with Crippen LogP contribution in [0, 0.1) is 29.6 Å². The summed E-state index contributed by atoms with van der Waals surface area (Å²) < 4.78 is 16.6. The Balaban J connectivity index is 1.69. The number of hydrogen-bond acceptors (Lipinski definition) is 8. The Morgan fingerprint density at radius 2 is 1.65 bits per heavy atom. The van der Waals surface area contributed by atoms with Crippen LogP contribution in [0.1, 0.15) is 64.5 Å². The first kappa shape index (κ1) is 36.8. The molecule has 1 amide bonds. The zero-order chi connectivity index (χ0) is 35.1. The summed E-state index contributed by atoms with van der Waals surface area (Å²) in [5.41, 5.74) is -0.451. The van der Waals surface area contributed by atoms with Crippen molar-refractivity contribution >= 4 is 45.4 Å². The van der Waals surface area contributed by atoms with Gasteiger partial charge in [-0.2, -0.15) is 0 Å². The van der Waals surface area contributed by atoms with E-state index in [1.807, 2.05) is 57.2 Å². The molecule has 1 saturated heterocycles. The number of carbonyl (C=O) groups excluding carboxylic acids is 3. The van der Waals surface area contributed by atoms with Gasteiger partial charge in [0.05, 0.1) is 37.1 Å². The third-order valence-electron chi connectivity index (χ3n) is 9.77. The summed E-state index contributed by atoms with van der Waals surface area (Å²) in [5.74, 6) is -4.42. The fraction of sp³-hybridized carbons (Fsp3) is 0.526. The molecule has 10 nitrogen and oxygen atoms in total. The molecule has 1 heterocycles. The van der Waals surface area contributed by atoms with Gasteiger partial charge in [-0.15, -0.1) is 0 Å². The number of nitrogens with zero attached hydrogens (tertiary/aromatic N) is 1. The molecule has 0 bridgehead atoms. The molecule has 10 heteroatoms. The zero-order valence-corrected chi connectivity index (χ0v) is 28.8. The van der Waals surface area contributed by atoms with Crippen molar-refractivity contribution in [3.63, 3.8) is 0 Å². The van der Waals surface area contributed by atoms with Gasteiger partial charge in [0.1, 0.15) is 13.2 Å². The molecule has 3 aromatic carbocycles. The molecule has 0 aromatic heterocycles. The van der Waals surface area contributed by atoms with E-state index in [1.54, 1.807) is 18.7 Å². The molecule has 0 aliphatic carbocycles. The number of ether oxygens (including phenoxy) is 3. The second-order valence-electron chi connectivity index (χ2n) is 13.7. The lowest BCUT2D eigenvalue weighted by molar-refractivity contribution is -0.164. The van der Waals surface area contributed by atoms with Gasteiger partial charge in [-0.1, -0.05) is 68.8 Å². The van der Waals surface area contributed by atoms with Gasteiger partial charge in [0.15, 0.2) is 0 Å². The maximum absolute atomic E-state index is 14.4. The Morgan fingerprint density at radius 3 is 2.31 bits per heavy atom. The molecular weight excluding hydrogens is 614 g/mol. The average molecular weight is 664 g/mol. The summed E-state index contributed by atoms with van der Waals surface area (Å²) in [6.07, 6.45) is 0.228. The summed E-state index contributed by atoms with van der Waals surface area (Å²) in [7, 11) is 0. The fourth-order valence-electron chi connectivity index (χ4n) is 6.97. The number of fused-ring (bicyclic) bond motifs is 2. The Bertz CT molecular complexity index is 1630. The molecule has 1 fully saturated rings. The number of carboxylic acid groups (broad SMARTS) is 1. The molecule has 4 rings (SSSR count). The first-order chi connectivity index (χ1) is 22.8. The summed E-state index contributed by atoms with van der Waals surface area (Å²) >= 11 is 0. The molecule has 2 N–H and O–H groups in total. The van der Waals surface area contributed by atoms with Crippen molar-refractivity contribution in [2.45, 2.75) is 66.9 Å². The van der Waals surface area contributed by atoms with Crippen LogP contribution >= 0.6 is 0 Å². The normalized spacial score (nSPS) is 17.2. The van der Waals surface area contributed by atoms with Crippen molar-refractivity contribution in [1.82, 2.24) is 4.90 Å². The quantitative estimate of drug-likeness (QED) is 0.156. The fourth-order valence-corrected chi connectivity index (χ4v) is 6.97. The van der Waals surface area contributed by atoms with Gasteiger partial charge in [-0.3, -0.25) is 19.2 Å². The van der Waals surface area contributed by atoms with Crippen LogP contribution in [0.25, 0.3) is 21.5 Å². The topological polar surface area (TPSA) is 140 Å². The highest BCUT2D eigenvalue weighted by atomic mass is 16.5. The highest BCUT2D eigenvalue weighted by molar-refractivity contribution is 6.02. The van der Waals surface area contributed by atoms with E-state index < -0.39 is 40.6 Å². The SMILES string of the molecule is CCC(C)(CC(C)(CC(CC(C)C(=O)OCCO)C(=O)O)C(=O)OCc1c2ccccc2cc2cc(C)ccc12)C(=O)N1CCOCC1. The standard InChI is InChI=1S/C38H49NO9/c1-6-37(4,35(44)39-13-16-46-17-14-39)24-38(5,22-29(33(41)42)20-26(3)34(43)47-18-15-40)36(45)48-23-32-30-10-8-7-9-27(30)21-28-19-25(2)11-12-31(28)32/h7-12,19,21,26,29,40H,6,13-18,20,22-24H2,1-5H3,(H,41,42). The minimum Gasteiger partial charge on any atom is -0.481 e. The predicted octanol–water partition coefficient (Wildman–Crippen LogP) is 5.67. The second kappa shape index (κ2) is 15.9. The van der Waals surface area contributed by atoms with Gasteiger partial charge in [0, 0.05) is 24.1 Å². The van der Waals surface area contributed by atoms with Crippen molar-refractivity contribution < 1.29 is 43.6 Å². The van der Waals surface area contributed by atoms with Crippen molar-refractivity contribution in [2.75, 3.05) is 39.5 Å². The number of morpholine rings is 1. The van der Waals surface area contributed by atoms with Crippen molar-refractivity contribution in [3.05, 3.63) is 59.7 Å². The Morgan fingerprint density at radius 1 is 0.958 bits per heavy atom. The number of aliphatic hydroxyl groups excluding tert-OH is 1. The smallest absolute Gasteiger partial charge is 0.312 e. The van der Waals surface area contributed by atoms with Gasteiger partial charge in [-0.25, -0.2) is 0 Å². The first-order valence-electron chi connectivity index (χ1n) is 16.8. The van der Waals surface area contributed by atoms with E-state index in [0.29, 0.717) is 32.7 Å². The molecule has 1 aliphatic heterocycles. The number of aryl methyl sites for hydroxylation is 1. The van der Waals surface area contributed by atoms with Gasteiger partial charge in [0.25, 0.3) is 0 Å². The number of aliphatic hydroxyl groups is 1. The van der Waals surface area contributed by atoms with E-state index in [9.17, 15) is 24.3 Å². The minimum atomic E-state index is -1.40. The van der Waals surface area contributed by atoms with Crippen LogP contribution in [0.3, 0.4) is 0 Å². The van der Waals surface area contributed by atoms with E-state index in [4.69, 9.17) is 19.3 Å². The number of aliphatic carboxylic acids is 1. The number of carboxylic acids is 1. The Kier molecular flexibility index (Phi) is 12.2. The second-order valence-corrected chi connectivity index (χ2v) is 13.7. The maximum atomic E-state index is 14.4. The van der Waals surface area contributed by atoms with Gasteiger partial charge < -0.3 is 29.3 Å². The van der Waals surface area contributed by atoms with Crippen molar-refractivity contribution in [3.8, 4) is 0 Å². The van der Waals surface area contributed by atoms with Crippen LogP contribution in [0.2, 0.25) is 0 Å². The van der Waals surface area contributed by atoms with E-state index in [1.165, 1.54) is 0 Å². The summed E-state index contributed by atoms with van der Waals surface area (Å²) in [5, 5.41) is 23.3. The van der Waals surface area contributed by atoms with Crippen molar-refractivity contribution in [1.29, 1.82) is 0 Å². The lowest BCUT2D eigenvalue weighted by Crippen LogP contribution is -2.50. The predicted molar refractivity (Wildman–Crippen MR) is 182 cm³/mol. The molecule has 0 radical (unpaired) electrons. The third-order valence-corrected chi connectivity index (χ3v) is 9.77. The van der Waals surface area contributed by atoms with E-state index in [-0.39, 0.29) is 45.0 Å². The number of hydrogen-bond donors (Lipinski definition) is 2. The summed E-state index contributed by atoms with van der Waals surface area (Å²) in [4.78, 5) is 55.3. The molecule has 1 aliphatic rings. The number of esters is 2. The molecule has 4 atom stereocenters. The molecule has 0 saturated carbocycles. The Labute approximate surface area is 282 Å². The van der Waals surface area contributed by atoms with E-state index in [2.05, 4.69) is 12.1 Å². The molecule has 4 unspecified atom stereocenters. The van der Waals surface area contributed by atoms with Crippen LogP contribution < -0.4 is 0 Å². The molecular formula is C38H49NO9. The minimum absolute atomic E-state index is 0.0444. The lowest BCUT2D eigenvalue weighted by atomic mass is 9.66. The number of rotatable bonds is 15. The van der Waals surface area contributed by atoms with Crippen LogP contribution in [0.15, 0.2) is 48.5 Å². The van der Waals surface area contributed by atoms with Crippen LogP contribution in [-0.2, 0) is 40.0 Å². The first-order valence-corrected chi connectivity index (χ1v) is 16.8. The van der Waals surface area contributed by atoms with Crippen LogP contribution in [0.4, 0.5) is 0 Å². The average Bonchev–Trinajstić information content (AvgIpc) is 3.08. The van der Waals surface area contributed by atoms with E-state index >= 15 is 0 Å². The number of benzene rings is 3. The van der Waals surface area contributed by atoms with E-state index in [0.717, 1.165) is 32.7 Å². The van der Waals surface area contributed by atoms with Crippen LogP contribution in [-0.4, -0.2) is 78.4 Å². The highest BCUT2D eigenvalue weighted by Gasteiger charge is 2.48. The molecule has 260 valence electrons. The number of carbonyl (C=O) groups is 4. The molecule has 3 aromatic rings. The van der Waals surface area contributed by atoms with Gasteiger partial charge >= 0.3 is 17.9 Å². The largest absolute Gasteiger partial charge is 0.481 e. The molecule has 0 spiro atoms. The summed E-state index contributed by atoms with van der Waals surface area (Å²) in [6.45, 7) is 10.1. The summed E-state index contributed by atoms with van der Waals surface area (Å²) in [6, 6.07) is 16.1.